The van der Waals surface area contributed by atoms with Gasteiger partial charge in [-0.3, -0.25) is 9.89 Å². The summed E-state index contributed by atoms with van der Waals surface area (Å²) in [5.41, 5.74) is 0. The zero-order valence-electron chi connectivity index (χ0n) is 15.6. The Hall–Kier alpha value is -1.73. The monoisotopic (exact) mass is 408 g/mol. The number of hydrogen-bond donors (Lipinski definition) is 2. The lowest BCUT2D eigenvalue weighted by Gasteiger charge is -2.34. The number of hydrogen-bond acceptors (Lipinski definition) is 5. The Morgan fingerprint density at radius 2 is 2.11 bits per heavy atom. The fraction of sp³-hybridized carbons (Fsp3) is 0.526. The maximum absolute atomic E-state index is 12.2. The van der Waals surface area contributed by atoms with Crippen molar-refractivity contribution in [3.63, 3.8) is 0 Å². The minimum Gasteiger partial charge on any atom is -0.486 e. The summed E-state index contributed by atoms with van der Waals surface area (Å²) in [6.45, 7) is 4.77. The summed E-state index contributed by atoms with van der Waals surface area (Å²) in [6.07, 6.45) is 3.50. The first-order valence-electron chi connectivity index (χ1n) is 9.23. The van der Waals surface area contributed by atoms with E-state index in [4.69, 9.17) is 16.3 Å². The van der Waals surface area contributed by atoms with Crippen LogP contribution in [0.2, 0.25) is 5.02 Å². The van der Waals surface area contributed by atoms with Crippen molar-refractivity contribution in [2.24, 2.45) is 11.8 Å². The molecule has 1 aliphatic rings. The summed E-state index contributed by atoms with van der Waals surface area (Å²) in [6, 6.07) is 7.41. The number of H-pyrrole nitrogens is 1. The van der Waals surface area contributed by atoms with Crippen molar-refractivity contribution >= 4 is 29.3 Å². The summed E-state index contributed by atoms with van der Waals surface area (Å²) in [4.78, 5) is 16.6. The zero-order valence-corrected chi connectivity index (χ0v) is 17.1. The first-order chi connectivity index (χ1) is 13.0. The lowest BCUT2D eigenvalue weighted by atomic mass is 9.78. The molecular formula is C19H25ClN4O2S. The zero-order chi connectivity index (χ0) is 19.2. The summed E-state index contributed by atoms with van der Waals surface area (Å²) in [5.74, 6) is 2.85. The van der Waals surface area contributed by atoms with Gasteiger partial charge in [0.25, 0.3) is 0 Å². The Morgan fingerprint density at radius 1 is 1.33 bits per heavy atom. The molecule has 27 heavy (non-hydrogen) atoms. The number of rotatable bonds is 7. The van der Waals surface area contributed by atoms with E-state index >= 15 is 0 Å². The second kappa shape index (κ2) is 9.46. The molecule has 3 rings (SSSR count). The average molecular weight is 409 g/mol. The molecular weight excluding hydrogens is 384 g/mol. The standard InChI is InChI=1S/C19H25ClN4O2S/c1-12-4-3-5-16(13(12)2)21-18(25)11-27-19-22-17(23-24-19)10-26-15-8-6-14(20)7-9-15/h6-9,12-13,16H,3-5,10-11H2,1-2H3,(H,21,25)(H,22,23,24)/t12-,13+,16+/m0/s1. The van der Waals surface area contributed by atoms with Gasteiger partial charge in [-0.2, -0.15) is 0 Å². The number of thioether (sulfide) groups is 1. The van der Waals surface area contributed by atoms with Crippen molar-refractivity contribution in [1.29, 1.82) is 0 Å². The fourth-order valence-electron chi connectivity index (χ4n) is 3.25. The number of carbonyl (C=O) groups is 1. The van der Waals surface area contributed by atoms with Crippen LogP contribution in [0.5, 0.6) is 5.75 Å². The van der Waals surface area contributed by atoms with Crippen molar-refractivity contribution in [2.45, 2.75) is 50.9 Å². The Labute approximate surface area is 168 Å². The molecule has 8 heteroatoms. The number of benzene rings is 1. The molecule has 1 saturated carbocycles. The number of nitrogens with one attached hydrogen (secondary N) is 2. The lowest BCUT2D eigenvalue weighted by Crippen LogP contribution is -2.44. The van der Waals surface area contributed by atoms with E-state index in [1.807, 2.05) is 0 Å². The number of halogens is 1. The Bertz CT molecular complexity index is 752. The van der Waals surface area contributed by atoms with Gasteiger partial charge in [-0.25, -0.2) is 4.98 Å². The number of carbonyl (C=O) groups excluding carboxylic acids is 1. The topological polar surface area (TPSA) is 79.9 Å². The molecule has 1 amide bonds. The van der Waals surface area contributed by atoms with Crippen molar-refractivity contribution in [3.05, 3.63) is 35.1 Å². The number of ether oxygens (including phenoxy) is 1. The van der Waals surface area contributed by atoms with Crippen LogP contribution in [0.4, 0.5) is 0 Å². The molecule has 1 fully saturated rings. The highest BCUT2D eigenvalue weighted by molar-refractivity contribution is 7.99. The van der Waals surface area contributed by atoms with Crippen LogP contribution >= 0.6 is 23.4 Å². The second-order valence-corrected chi connectivity index (χ2v) is 8.42. The third-order valence-electron chi connectivity index (χ3n) is 5.09. The quantitative estimate of drug-likeness (QED) is 0.675. The third-order valence-corrected chi connectivity index (χ3v) is 6.19. The van der Waals surface area contributed by atoms with Crippen LogP contribution in [0, 0.1) is 11.8 Å². The highest BCUT2D eigenvalue weighted by Crippen LogP contribution is 2.29. The van der Waals surface area contributed by atoms with Gasteiger partial charge in [-0.15, -0.1) is 5.10 Å². The average Bonchev–Trinajstić information content (AvgIpc) is 3.11. The first kappa shape index (κ1) is 20.0. The van der Waals surface area contributed by atoms with Crippen LogP contribution in [0.25, 0.3) is 0 Å². The normalized spacial score (nSPS) is 22.4. The molecule has 0 saturated heterocycles. The molecule has 3 atom stereocenters. The van der Waals surface area contributed by atoms with E-state index in [-0.39, 0.29) is 18.6 Å². The van der Waals surface area contributed by atoms with Gasteiger partial charge in [0, 0.05) is 11.1 Å². The third kappa shape index (κ3) is 5.87. The summed E-state index contributed by atoms with van der Waals surface area (Å²) >= 11 is 7.17. The van der Waals surface area contributed by atoms with Gasteiger partial charge in [-0.1, -0.05) is 50.1 Å². The van der Waals surface area contributed by atoms with Gasteiger partial charge in [-0.05, 0) is 42.5 Å². The number of nitrogens with zero attached hydrogens (tertiary/aromatic N) is 2. The van der Waals surface area contributed by atoms with E-state index in [2.05, 4.69) is 34.3 Å². The van der Waals surface area contributed by atoms with Crippen LogP contribution in [0.15, 0.2) is 29.4 Å². The molecule has 1 aliphatic carbocycles. The number of amides is 1. The van der Waals surface area contributed by atoms with Crippen LogP contribution in [-0.4, -0.2) is 32.9 Å². The molecule has 0 spiro atoms. The molecule has 1 aromatic heterocycles. The molecule has 1 aromatic carbocycles. The maximum atomic E-state index is 12.2. The minimum absolute atomic E-state index is 0.0368. The van der Waals surface area contributed by atoms with Crippen LogP contribution in [0.3, 0.4) is 0 Å². The smallest absolute Gasteiger partial charge is 0.230 e. The molecule has 1 heterocycles. The summed E-state index contributed by atoms with van der Waals surface area (Å²) in [5, 5.41) is 11.4. The maximum Gasteiger partial charge on any atom is 0.230 e. The predicted molar refractivity (Wildman–Crippen MR) is 107 cm³/mol. The van der Waals surface area contributed by atoms with Crippen LogP contribution < -0.4 is 10.1 Å². The minimum atomic E-state index is 0.0368. The second-order valence-electron chi connectivity index (χ2n) is 7.04. The van der Waals surface area contributed by atoms with Gasteiger partial charge in [0.1, 0.15) is 12.4 Å². The van der Waals surface area contributed by atoms with E-state index < -0.39 is 0 Å². The molecule has 146 valence electrons. The van der Waals surface area contributed by atoms with Crippen LogP contribution in [0.1, 0.15) is 38.9 Å². The van der Waals surface area contributed by atoms with E-state index in [1.54, 1.807) is 24.3 Å². The molecule has 0 radical (unpaired) electrons. The number of aromatic nitrogens is 3. The van der Waals surface area contributed by atoms with E-state index in [9.17, 15) is 4.79 Å². The van der Waals surface area contributed by atoms with Crippen molar-refractivity contribution in [3.8, 4) is 5.75 Å². The van der Waals surface area contributed by atoms with Crippen molar-refractivity contribution < 1.29 is 9.53 Å². The molecule has 0 aliphatic heterocycles. The van der Waals surface area contributed by atoms with Gasteiger partial charge >= 0.3 is 0 Å². The van der Waals surface area contributed by atoms with Gasteiger partial charge in [0.05, 0.1) is 5.75 Å². The Balaban J connectivity index is 1.42. The summed E-state index contributed by atoms with van der Waals surface area (Å²) in [7, 11) is 0. The number of aromatic amines is 1. The molecule has 0 unspecified atom stereocenters. The van der Waals surface area contributed by atoms with E-state index in [0.29, 0.717) is 39.3 Å². The largest absolute Gasteiger partial charge is 0.486 e. The predicted octanol–water partition coefficient (Wildman–Crippen LogP) is 4.07. The summed E-state index contributed by atoms with van der Waals surface area (Å²) < 4.78 is 5.63. The highest BCUT2D eigenvalue weighted by Gasteiger charge is 2.28. The Morgan fingerprint density at radius 3 is 2.89 bits per heavy atom. The molecule has 2 N–H and O–H groups in total. The van der Waals surface area contributed by atoms with Gasteiger partial charge in [0.2, 0.25) is 11.1 Å². The lowest BCUT2D eigenvalue weighted by molar-refractivity contribution is -0.120. The van der Waals surface area contributed by atoms with E-state index in [1.165, 1.54) is 24.6 Å². The van der Waals surface area contributed by atoms with Gasteiger partial charge in [0.15, 0.2) is 5.82 Å². The van der Waals surface area contributed by atoms with Crippen LogP contribution in [-0.2, 0) is 11.4 Å². The fourth-order valence-corrected chi connectivity index (χ4v) is 4.01. The molecule has 2 aromatic rings. The molecule has 0 bridgehead atoms. The molecule has 6 nitrogen and oxygen atoms in total. The SMILES string of the molecule is C[C@@H]1[C@@H](C)CCC[C@H]1NC(=O)CSc1n[nH]c(COc2ccc(Cl)cc2)n1. The van der Waals surface area contributed by atoms with Gasteiger partial charge < -0.3 is 10.1 Å². The van der Waals surface area contributed by atoms with Crippen molar-refractivity contribution in [1.82, 2.24) is 20.5 Å². The van der Waals surface area contributed by atoms with Crippen molar-refractivity contribution in [2.75, 3.05) is 5.75 Å². The highest BCUT2D eigenvalue weighted by atomic mass is 35.5. The Kier molecular flexibility index (Phi) is 7.01. The van der Waals surface area contributed by atoms with E-state index in [0.717, 1.165) is 6.42 Å². The first-order valence-corrected chi connectivity index (χ1v) is 10.6.